The van der Waals surface area contributed by atoms with Gasteiger partial charge < -0.3 is 14.2 Å². The van der Waals surface area contributed by atoms with Gasteiger partial charge in [-0.2, -0.15) is 0 Å². The van der Waals surface area contributed by atoms with E-state index in [9.17, 15) is 4.39 Å². The molecule has 0 aliphatic heterocycles. The molecule has 0 amide bonds. The Hall–Kier alpha value is -3.38. The first kappa shape index (κ1) is 20.9. The second-order valence-electron chi connectivity index (χ2n) is 7.19. The second-order valence-corrected chi connectivity index (χ2v) is 7.63. The fourth-order valence-corrected chi connectivity index (χ4v) is 3.59. The molecule has 0 radical (unpaired) electrons. The molecule has 2 aromatic carbocycles. The Morgan fingerprint density at radius 1 is 1.06 bits per heavy atom. The summed E-state index contributed by atoms with van der Waals surface area (Å²) in [4.78, 5) is 11.1. The molecule has 0 saturated carbocycles. The lowest BCUT2D eigenvalue weighted by Crippen LogP contribution is -2.16. The largest absolute Gasteiger partial charge is 0.496 e. The predicted octanol–water partition coefficient (Wildman–Crippen LogP) is 5.30. The van der Waals surface area contributed by atoms with Gasteiger partial charge in [-0.1, -0.05) is 17.7 Å². The Balaban J connectivity index is 1.69. The maximum atomic E-state index is 13.6. The Kier molecular flexibility index (Phi) is 6.18. The van der Waals surface area contributed by atoms with Gasteiger partial charge in [0.1, 0.15) is 17.4 Å². The van der Waals surface area contributed by atoms with E-state index in [1.165, 1.54) is 12.1 Å². The van der Waals surface area contributed by atoms with E-state index in [1.54, 1.807) is 25.6 Å². The van der Waals surface area contributed by atoms with Gasteiger partial charge in [0.15, 0.2) is 0 Å². The van der Waals surface area contributed by atoms with Crippen molar-refractivity contribution in [2.45, 2.75) is 13.0 Å². The van der Waals surface area contributed by atoms with Crippen molar-refractivity contribution in [3.05, 3.63) is 101 Å². The van der Waals surface area contributed by atoms with Crippen LogP contribution >= 0.6 is 11.6 Å². The normalized spacial score (nSPS) is 10.8. The fourth-order valence-electron chi connectivity index (χ4n) is 3.47. The van der Waals surface area contributed by atoms with E-state index in [0.29, 0.717) is 23.7 Å². The summed E-state index contributed by atoms with van der Waals surface area (Å²) in [6.07, 6.45) is 6.05. The molecule has 7 heteroatoms. The van der Waals surface area contributed by atoms with Crippen molar-refractivity contribution in [3.8, 4) is 11.4 Å². The highest BCUT2D eigenvalue weighted by Gasteiger charge is 2.15. The summed E-state index contributed by atoms with van der Waals surface area (Å²) >= 11 is 6.08. The van der Waals surface area contributed by atoms with Gasteiger partial charge in [-0.15, -0.1) is 0 Å². The van der Waals surface area contributed by atoms with Crippen LogP contribution in [0.2, 0.25) is 5.02 Å². The number of anilines is 1. The fraction of sp³-hybridized carbons (Fsp3) is 0.167. The summed E-state index contributed by atoms with van der Waals surface area (Å²) < 4.78 is 21.1. The first-order chi connectivity index (χ1) is 15.0. The molecule has 4 rings (SSSR count). The van der Waals surface area contributed by atoms with Gasteiger partial charge in [0.05, 0.1) is 19.3 Å². The van der Waals surface area contributed by atoms with E-state index in [-0.39, 0.29) is 5.82 Å². The lowest BCUT2D eigenvalue weighted by molar-refractivity contribution is 0.406. The third kappa shape index (κ3) is 4.86. The van der Waals surface area contributed by atoms with Crippen molar-refractivity contribution >= 4 is 17.3 Å². The number of benzene rings is 2. The maximum absolute atomic E-state index is 13.6. The molecule has 2 heterocycles. The van der Waals surface area contributed by atoms with Crippen LogP contribution in [0.25, 0.3) is 5.69 Å². The molecule has 4 aromatic rings. The van der Waals surface area contributed by atoms with Crippen molar-refractivity contribution in [1.82, 2.24) is 14.5 Å². The van der Waals surface area contributed by atoms with Crippen LogP contribution in [-0.2, 0) is 13.0 Å². The molecule has 0 aliphatic rings. The maximum Gasteiger partial charge on any atom is 0.126 e. The second kappa shape index (κ2) is 9.18. The van der Waals surface area contributed by atoms with Crippen LogP contribution < -0.4 is 9.64 Å². The minimum atomic E-state index is -0.332. The zero-order valence-electron chi connectivity index (χ0n) is 17.3. The SMILES string of the molecule is COc1cc(F)ccc1Cc1nc(CN(C)c2ccncc2)cn1-c1ccc(Cl)cc1. The molecule has 0 spiro atoms. The Morgan fingerprint density at radius 2 is 1.81 bits per heavy atom. The summed E-state index contributed by atoms with van der Waals surface area (Å²) in [6, 6.07) is 16.1. The molecule has 158 valence electrons. The number of nitrogens with zero attached hydrogens (tertiary/aromatic N) is 4. The summed E-state index contributed by atoms with van der Waals surface area (Å²) in [6.45, 7) is 0.623. The summed E-state index contributed by atoms with van der Waals surface area (Å²) in [5.41, 5.74) is 3.77. The highest BCUT2D eigenvalue weighted by molar-refractivity contribution is 6.30. The molecule has 0 fully saturated rings. The summed E-state index contributed by atoms with van der Waals surface area (Å²) in [7, 11) is 3.55. The first-order valence-electron chi connectivity index (χ1n) is 9.80. The van der Waals surface area contributed by atoms with E-state index < -0.39 is 0 Å². The predicted molar refractivity (Wildman–Crippen MR) is 121 cm³/mol. The molecule has 0 saturated heterocycles. The van der Waals surface area contributed by atoms with Gasteiger partial charge in [-0.3, -0.25) is 4.98 Å². The monoisotopic (exact) mass is 436 g/mol. The minimum absolute atomic E-state index is 0.332. The number of methoxy groups -OCH3 is 1. The standard InChI is InChI=1S/C24H22ClFN4O/c1-29(21-9-11-27-12-10-21)15-20-16-30(22-7-4-18(25)5-8-22)24(28-20)13-17-3-6-19(26)14-23(17)31-2/h3-12,14,16H,13,15H2,1-2H3. The van der Waals surface area contributed by atoms with Crippen molar-refractivity contribution in [3.63, 3.8) is 0 Å². The third-order valence-electron chi connectivity index (χ3n) is 5.03. The van der Waals surface area contributed by atoms with E-state index in [1.807, 2.05) is 54.2 Å². The quantitative estimate of drug-likeness (QED) is 0.394. The van der Waals surface area contributed by atoms with Gasteiger partial charge in [-0.25, -0.2) is 9.37 Å². The first-order valence-corrected chi connectivity index (χ1v) is 10.2. The average Bonchev–Trinajstić information content (AvgIpc) is 3.18. The molecular formula is C24H22ClFN4O. The van der Waals surface area contributed by atoms with Crippen LogP contribution in [0.4, 0.5) is 10.1 Å². The van der Waals surface area contributed by atoms with Crippen molar-refractivity contribution < 1.29 is 9.13 Å². The molecule has 0 N–H and O–H groups in total. The number of halogens is 2. The number of rotatable bonds is 7. The summed E-state index contributed by atoms with van der Waals surface area (Å²) in [5.74, 6) is 0.993. The molecule has 5 nitrogen and oxygen atoms in total. The van der Waals surface area contributed by atoms with E-state index in [2.05, 4.69) is 9.88 Å². The molecule has 0 atom stereocenters. The van der Waals surface area contributed by atoms with Gasteiger partial charge in [0.25, 0.3) is 0 Å². The number of hydrogen-bond acceptors (Lipinski definition) is 4. The van der Waals surface area contributed by atoms with Crippen molar-refractivity contribution in [2.24, 2.45) is 0 Å². The smallest absolute Gasteiger partial charge is 0.126 e. The highest BCUT2D eigenvalue weighted by Crippen LogP contribution is 2.25. The number of aromatic nitrogens is 3. The molecule has 2 aromatic heterocycles. The van der Waals surface area contributed by atoms with Crippen molar-refractivity contribution in [2.75, 3.05) is 19.1 Å². The van der Waals surface area contributed by atoms with Crippen molar-refractivity contribution in [1.29, 1.82) is 0 Å². The van der Waals surface area contributed by atoms with Crippen LogP contribution in [0.15, 0.2) is 73.2 Å². The number of pyridine rings is 1. The van der Waals surface area contributed by atoms with Crippen LogP contribution in [0.3, 0.4) is 0 Å². The molecule has 31 heavy (non-hydrogen) atoms. The Labute approximate surface area is 185 Å². The molecule has 0 bridgehead atoms. The minimum Gasteiger partial charge on any atom is -0.496 e. The number of ether oxygens (including phenoxy) is 1. The zero-order chi connectivity index (χ0) is 21.8. The van der Waals surface area contributed by atoms with E-state index in [0.717, 1.165) is 28.5 Å². The molecular weight excluding hydrogens is 415 g/mol. The third-order valence-corrected chi connectivity index (χ3v) is 5.29. The van der Waals surface area contributed by atoms with E-state index in [4.69, 9.17) is 21.3 Å². The van der Waals surface area contributed by atoms with Gasteiger partial charge >= 0.3 is 0 Å². The number of hydrogen-bond donors (Lipinski definition) is 0. The van der Waals surface area contributed by atoms with Crippen LogP contribution in [0.5, 0.6) is 5.75 Å². The lowest BCUT2D eigenvalue weighted by Gasteiger charge is -2.17. The lowest BCUT2D eigenvalue weighted by atomic mass is 10.1. The van der Waals surface area contributed by atoms with Gasteiger partial charge in [-0.05, 0) is 42.5 Å². The molecule has 0 unspecified atom stereocenters. The molecule has 0 aliphatic carbocycles. The summed E-state index contributed by atoms with van der Waals surface area (Å²) in [5, 5.41) is 0.670. The zero-order valence-corrected chi connectivity index (χ0v) is 18.1. The van der Waals surface area contributed by atoms with Crippen LogP contribution in [0.1, 0.15) is 17.1 Å². The van der Waals surface area contributed by atoms with Crippen LogP contribution in [-0.4, -0.2) is 28.7 Å². The average molecular weight is 437 g/mol. The highest BCUT2D eigenvalue weighted by atomic mass is 35.5. The van der Waals surface area contributed by atoms with Gasteiger partial charge in [0, 0.05) is 60.1 Å². The van der Waals surface area contributed by atoms with E-state index >= 15 is 0 Å². The Bertz CT molecular complexity index is 1160. The number of imidazole rings is 1. The van der Waals surface area contributed by atoms with Gasteiger partial charge in [0.2, 0.25) is 0 Å². The topological polar surface area (TPSA) is 43.2 Å². The Morgan fingerprint density at radius 3 is 2.52 bits per heavy atom. The van der Waals surface area contributed by atoms with Crippen LogP contribution in [0, 0.1) is 5.82 Å².